The van der Waals surface area contributed by atoms with Crippen molar-refractivity contribution in [3.05, 3.63) is 66.0 Å². The number of hydrogen-bond donors (Lipinski definition) is 0. The van der Waals surface area contributed by atoms with Crippen LogP contribution in [0.2, 0.25) is 0 Å². The van der Waals surface area contributed by atoms with Crippen molar-refractivity contribution in [2.75, 3.05) is 14.2 Å². The second-order valence-electron chi connectivity index (χ2n) is 4.40. The summed E-state index contributed by atoms with van der Waals surface area (Å²) in [6.07, 6.45) is 7.82. The molecule has 0 bridgehead atoms. The molecule has 0 heterocycles. The van der Waals surface area contributed by atoms with Gasteiger partial charge in [-0.15, -0.1) is 0 Å². The number of hydrogen-bond acceptors (Lipinski definition) is 5. The zero-order chi connectivity index (χ0) is 15.8. The maximum absolute atomic E-state index is 11.9. The maximum atomic E-state index is 11.9. The van der Waals surface area contributed by atoms with Gasteiger partial charge >= 0.3 is 5.97 Å². The van der Waals surface area contributed by atoms with E-state index in [0.29, 0.717) is 17.7 Å². The molecule has 0 fully saturated rings. The van der Waals surface area contributed by atoms with Crippen LogP contribution >= 0.6 is 0 Å². The normalized spacial score (nSPS) is 16.2. The van der Waals surface area contributed by atoms with Crippen LogP contribution in [0.25, 0.3) is 0 Å². The van der Waals surface area contributed by atoms with E-state index in [1.807, 2.05) is 42.5 Å². The number of ether oxygens (including phenoxy) is 2. The van der Waals surface area contributed by atoms with Gasteiger partial charge in [-0.1, -0.05) is 41.6 Å². The fourth-order valence-electron chi connectivity index (χ4n) is 1.94. The molecule has 1 aromatic carbocycles. The van der Waals surface area contributed by atoms with Gasteiger partial charge in [0.2, 0.25) is 0 Å². The van der Waals surface area contributed by atoms with Crippen LogP contribution in [0.5, 0.6) is 5.75 Å². The second-order valence-corrected chi connectivity index (χ2v) is 4.40. The first kappa shape index (κ1) is 15.6. The summed E-state index contributed by atoms with van der Waals surface area (Å²) in [5.41, 5.74) is 1.54. The summed E-state index contributed by atoms with van der Waals surface area (Å²) >= 11 is 0. The highest BCUT2D eigenvalue weighted by atomic mass is 16.6. The first-order chi connectivity index (χ1) is 10.8. The summed E-state index contributed by atoms with van der Waals surface area (Å²) in [4.78, 5) is 16.6. The Kier molecular flexibility index (Phi) is 5.54. The van der Waals surface area contributed by atoms with E-state index in [1.54, 1.807) is 12.3 Å². The minimum absolute atomic E-state index is 0.109. The fourth-order valence-corrected chi connectivity index (χ4v) is 1.94. The lowest BCUT2D eigenvalue weighted by atomic mass is 9.95. The Balaban J connectivity index is 2.27. The van der Waals surface area contributed by atoms with Crippen LogP contribution in [-0.2, 0) is 14.4 Å². The SMILES string of the molecule is CON=C(C(=O)OC)C1=CC=CCC1=COc1ccccc1. The van der Waals surface area contributed by atoms with Crippen molar-refractivity contribution in [2.45, 2.75) is 6.42 Å². The highest BCUT2D eigenvalue weighted by Gasteiger charge is 2.22. The Morgan fingerprint density at radius 1 is 1.23 bits per heavy atom. The van der Waals surface area contributed by atoms with Crippen molar-refractivity contribution in [3.8, 4) is 5.75 Å². The zero-order valence-electron chi connectivity index (χ0n) is 12.5. The van der Waals surface area contributed by atoms with Crippen molar-refractivity contribution >= 4 is 11.7 Å². The number of methoxy groups -OCH3 is 1. The molecule has 0 N–H and O–H groups in total. The standard InChI is InChI=1S/C17H17NO4/c1-20-17(19)16(18-21-2)15-11-7-6-8-13(15)12-22-14-9-4-3-5-10-14/h3-7,9-12H,8H2,1-2H3. The van der Waals surface area contributed by atoms with Gasteiger partial charge in [0.1, 0.15) is 12.9 Å². The molecule has 1 aliphatic carbocycles. The van der Waals surface area contributed by atoms with Crippen LogP contribution in [0.15, 0.2) is 71.1 Å². The first-order valence-electron chi connectivity index (χ1n) is 6.74. The highest BCUT2D eigenvalue weighted by molar-refractivity contribution is 6.44. The number of benzene rings is 1. The van der Waals surface area contributed by atoms with Crippen molar-refractivity contribution in [3.63, 3.8) is 0 Å². The smallest absolute Gasteiger partial charge is 0.360 e. The van der Waals surface area contributed by atoms with E-state index in [-0.39, 0.29) is 5.71 Å². The number of rotatable bonds is 5. The molecule has 0 saturated carbocycles. The molecule has 1 aliphatic rings. The van der Waals surface area contributed by atoms with E-state index in [0.717, 1.165) is 5.57 Å². The largest absolute Gasteiger partial charge is 0.465 e. The van der Waals surface area contributed by atoms with E-state index < -0.39 is 5.97 Å². The van der Waals surface area contributed by atoms with Gasteiger partial charge in [0.25, 0.3) is 0 Å². The minimum Gasteiger partial charge on any atom is -0.465 e. The number of carbonyl (C=O) groups excluding carboxylic acids is 1. The van der Waals surface area contributed by atoms with Crippen LogP contribution in [-0.4, -0.2) is 25.9 Å². The molecule has 1 aromatic rings. The van der Waals surface area contributed by atoms with E-state index in [1.165, 1.54) is 14.2 Å². The van der Waals surface area contributed by atoms with Crippen LogP contribution in [0.1, 0.15) is 6.42 Å². The Hall–Kier alpha value is -2.82. The number of allylic oxidation sites excluding steroid dienone is 4. The summed E-state index contributed by atoms with van der Waals surface area (Å²) in [5.74, 6) is 0.154. The average Bonchev–Trinajstić information content (AvgIpc) is 2.58. The van der Waals surface area contributed by atoms with Gasteiger partial charge in [-0.2, -0.15) is 0 Å². The summed E-state index contributed by atoms with van der Waals surface area (Å²) in [6, 6.07) is 9.39. The molecule has 0 unspecified atom stereocenters. The topological polar surface area (TPSA) is 57.1 Å². The molecular weight excluding hydrogens is 282 g/mol. The van der Waals surface area contributed by atoms with E-state index in [2.05, 4.69) is 5.16 Å². The maximum Gasteiger partial charge on any atom is 0.360 e. The third-order valence-electron chi connectivity index (χ3n) is 2.98. The average molecular weight is 299 g/mol. The Morgan fingerprint density at radius 3 is 2.68 bits per heavy atom. The summed E-state index contributed by atoms with van der Waals surface area (Å²) in [5, 5.41) is 3.77. The van der Waals surface area contributed by atoms with Crippen LogP contribution in [0, 0.1) is 0 Å². The summed E-state index contributed by atoms with van der Waals surface area (Å²) in [7, 11) is 2.68. The van der Waals surface area contributed by atoms with E-state index in [9.17, 15) is 4.79 Å². The van der Waals surface area contributed by atoms with E-state index >= 15 is 0 Å². The van der Waals surface area contributed by atoms with E-state index in [4.69, 9.17) is 14.3 Å². The molecule has 5 heteroatoms. The van der Waals surface area contributed by atoms with Gasteiger partial charge in [0.15, 0.2) is 5.71 Å². The Bertz CT molecular complexity index is 642. The van der Waals surface area contributed by atoms with Crippen molar-refractivity contribution in [1.29, 1.82) is 0 Å². The zero-order valence-corrected chi connectivity index (χ0v) is 12.5. The Labute approximate surface area is 129 Å². The minimum atomic E-state index is -0.561. The molecule has 0 aliphatic heterocycles. The van der Waals surface area contributed by atoms with Crippen molar-refractivity contribution in [2.24, 2.45) is 5.16 Å². The van der Waals surface area contributed by atoms with Crippen LogP contribution in [0.4, 0.5) is 0 Å². The lowest BCUT2D eigenvalue weighted by Crippen LogP contribution is -2.20. The lowest BCUT2D eigenvalue weighted by molar-refractivity contribution is -0.132. The first-order valence-corrected chi connectivity index (χ1v) is 6.74. The molecule has 0 radical (unpaired) electrons. The van der Waals surface area contributed by atoms with Crippen LogP contribution < -0.4 is 4.74 Å². The number of carbonyl (C=O) groups is 1. The van der Waals surface area contributed by atoms with Gasteiger partial charge in [-0.3, -0.25) is 0 Å². The monoisotopic (exact) mass is 299 g/mol. The predicted molar refractivity (Wildman–Crippen MR) is 83.5 cm³/mol. The van der Waals surface area contributed by atoms with Gasteiger partial charge < -0.3 is 14.3 Å². The second kappa shape index (κ2) is 7.83. The molecule has 0 amide bonds. The Morgan fingerprint density at radius 2 is 2.00 bits per heavy atom. The van der Waals surface area contributed by atoms with Gasteiger partial charge in [0, 0.05) is 11.1 Å². The third-order valence-corrected chi connectivity index (χ3v) is 2.98. The fraction of sp³-hybridized carbons (Fsp3) is 0.176. The molecular formula is C17H17NO4. The highest BCUT2D eigenvalue weighted by Crippen LogP contribution is 2.23. The van der Waals surface area contributed by atoms with Gasteiger partial charge in [0.05, 0.1) is 13.4 Å². The third kappa shape index (κ3) is 3.85. The van der Waals surface area contributed by atoms with Crippen molar-refractivity contribution < 1.29 is 19.1 Å². The molecule has 5 nitrogen and oxygen atoms in total. The molecule has 0 atom stereocenters. The molecule has 2 rings (SSSR count). The quantitative estimate of drug-likeness (QED) is 0.363. The van der Waals surface area contributed by atoms with Gasteiger partial charge in [-0.05, 0) is 18.6 Å². The predicted octanol–water partition coefficient (Wildman–Crippen LogP) is 3.01. The number of para-hydroxylation sites is 1. The molecule has 0 saturated heterocycles. The van der Waals surface area contributed by atoms with Crippen molar-refractivity contribution in [1.82, 2.24) is 0 Å². The number of esters is 1. The number of nitrogens with zero attached hydrogens (tertiary/aromatic N) is 1. The number of oxime groups is 1. The molecule has 114 valence electrons. The van der Waals surface area contributed by atoms with Gasteiger partial charge in [-0.25, -0.2) is 4.79 Å². The molecule has 0 aromatic heterocycles. The summed E-state index contributed by atoms with van der Waals surface area (Å²) in [6.45, 7) is 0. The lowest BCUT2D eigenvalue weighted by Gasteiger charge is -2.14. The molecule has 22 heavy (non-hydrogen) atoms. The summed E-state index contributed by atoms with van der Waals surface area (Å²) < 4.78 is 10.4. The molecule has 0 spiro atoms. The van der Waals surface area contributed by atoms with Crippen LogP contribution in [0.3, 0.4) is 0 Å².